The van der Waals surface area contributed by atoms with Crippen LogP contribution in [0.1, 0.15) is 17.8 Å². The van der Waals surface area contributed by atoms with Crippen LogP contribution in [0.25, 0.3) is 0 Å². The lowest BCUT2D eigenvalue weighted by Gasteiger charge is -2.15. The fourth-order valence-corrected chi connectivity index (χ4v) is 3.39. The second-order valence-corrected chi connectivity index (χ2v) is 5.47. The molecule has 0 N–H and O–H groups in total. The smallest absolute Gasteiger partial charge is 0.320 e. The molecule has 1 atom stereocenters. The summed E-state index contributed by atoms with van der Waals surface area (Å²) in [5, 5.41) is 2.06. The van der Waals surface area contributed by atoms with Gasteiger partial charge in [0, 0.05) is 34.9 Å². The average molecular weight is 289 g/mol. The molecule has 1 aliphatic rings. The monoisotopic (exact) mass is 288 g/mol. The third kappa shape index (κ3) is 1.90. The summed E-state index contributed by atoms with van der Waals surface area (Å²) in [6.07, 6.45) is 0. The Labute approximate surface area is 102 Å². The van der Waals surface area contributed by atoms with Crippen LogP contribution in [0.3, 0.4) is 0 Å². The molecule has 1 aromatic rings. The number of carbonyl (C=O) groups is 1. The van der Waals surface area contributed by atoms with Crippen LogP contribution in [0.4, 0.5) is 4.79 Å². The average Bonchev–Trinajstić information content (AvgIpc) is 2.74. The van der Waals surface area contributed by atoms with Gasteiger partial charge in [0.2, 0.25) is 0 Å². The number of amides is 2. The number of thiophene rings is 1. The van der Waals surface area contributed by atoms with Crippen molar-refractivity contribution in [2.45, 2.75) is 13.0 Å². The molecule has 82 valence electrons. The van der Waals surface area contributed by atoms with Gasteiger partial charge in [-0.1, -0.05) is 0 Å². The Hall–Kier alpha value is -0.550. The van der Waals surface area contributed by atoms with Gasteiger partial charge in [0.05, 0.1) is 6.04 Å². The maximum absolute atomic E-state index is 11.8. The van der Waals surface area contributed by atoms with E-state index < -0.39 is 0 Å². The van der Waals surface area contributed by atoms with E-state index in [0.717, 1.165) is 17.6 Å². The molecule has 5 heteroatoms. The quantitative estimate of drug-likeness (QED) is 0.821. The zero-order valence-corrected chi connectivity index (χ0v) is 11.1. The molecule has 3 nitrogen and oxygen atoms in total. The largest absolute Gasteiger partial charge is 0.322 e. The van der Waals surface area contributed by atoms with Crippen molar-refractivity contribution in [3.05, 3.63) is 20.8 Å². The van der Waals surface area contributed by atoms with Crippen molar-refractivity contribution in [2.75, 3.05) is 20.1 Å². The maximum atomic E-state index is 11.8. The molecule has 15 heavy (non-hydrogen) atoms. The zero-order chi connectivity index (χ0) is 11.0. The molecule has 2 heterocycles. The van der Waals surface area contributed by atoms with Gasteiger partial charge < -0.3 is 9.80 Å². The van der Waals surface area contributed by atoms with Crippen molar-refractivity contribution >= 4 is 33.3 Å². The number of carbonyl (C=O) groups excluding carboxylic acids is 1. The Morgan fingerprint density at radius 2 is 2.40 bits per heavy atom. The van der Waals surface area contributed by atoms with Gasteiger partial charge >= 0.3 is 6.03 Å². The predicted octanol–water partition coefficient (Wildman–Crippen LogP) is 2.94. The fourth-order valence-electron chi connectivity index (χ4n) is 1.81. The van der Waals surface area contributed by atoms with E-state index in [1.54, 1.807) is 11.3 Å². The second kappa shape index (κ2) is 4.14. The van der Waals surface area contributed by atoms with Crippen LogP contribution >= 0.6 is 27.3 Å². The molecule has 0 spiro atoms. The van der Waals surface area contributed by atoms with Crippen molar-refractivity contribution in [2.24, 2.45) is 0 Å². The van der Waals surface area contributed by atoms with Crippen LogP contribution in [0, 0.1) is 0 Å². The summed E-state index contributed by atoms with van der Waals surface area (Å²) < 4.78 is 1.10. The number of urea groups is 1. The third-order valence-electron chi connectivity index (χ3n) is 2.73. The highest BCUT2D eigenvalue weighted by Gasteiger charge is 2.35. The molecule has 2 rings (SSSR count). The minimum atomic E-state index is 0.132. The number of hydrogen-bond acceptors (Lipinski definition) is 2. The zero-order valence-electron chi connectivity index (χ0n) is 8.74. The molecule has 1 fully saturated rings. The van der Waals surface area contributed by atoms with E-state index in [1.165, 1.54) is 4.88 Å². The van der Waals surface area contributed by atoms with Gasteiger partial charge in [-0.15, -0.1) is 11.3 Å². The van der Waals surface area contributed by atoms with E-state index in [0.29, 0.717) is 0 Å². The molecule has 1 saturated heterocycles. The Balaban J connectivity index is 2.21. The van der Waals surface area contributed by atoms with Crippen LogP contribution in [0.15, 0.2) is 15.9 Å². The Morgan fingerprint density at radius 3 is 2.87 bits per heavy atom. The third-order valence-corrected chi connectivity index (χ3v) is 4.53. The van der Waals surface area contributed by atoms with Gasteiger partial charge in [-0.25, -0.2) is 4.79 Å². The highest BCUT2D eigenvalue weighted by molar-refractivity contribution is 9.10. The van der Waals surface area contributed by atoms with Gasteiger partial charge in [-0.3, -0.25) is 0 Å². The first-order chi connectivity index (χ1) is 7.13. The summed E-state index contributed by atoms with van der Waals surface area (Å²) >= 11 is 5.14. The molecule has 0 saturated carbocycles. The summed E-state index contributed by atoms with van der Waals surface area (Å²) in [5.74, 6) is 0. The molecular weight excluding hydrogens is 276 g/mol. The number of halogens is 1. The van der Waals surface area contributed by atoms with Crippen LogP contribution < -0.4 is 0 Å². The molecule has 1 aliphatic heterocycles. The van der Waals surface area contributed by atoms with Gasteiger partial charge in [0.25, 0.3) is 0 Å². The van der Waals surface area contributed by atoms with Crippen LogP contribution in [-0.2, 0) is 0 Å². The minimum absolute atomic E-state index is 0.132. The van der Waals surface area contributed by atoms with E-state index in [9.17, 15) is 4.79 Å². The molecule has 1 unspecified atom stereocenters. The van der Waals surface area contributed by atoms with E-state index in [-0.39, 0.29) is 12.1 Å². The normalized spacial score (nSPS) is 21.5. The van der Waals surface area contributed by atoms with Gasteiger partial charge in [0.1, 0.15) is 0 Å². The summed E-state index contributed by atoms with van der Waals surface area (Å²) in [4.78, 5) is 16.7. The second-order valence-electron chi connectivity index (χ2n) is 3.62. The Morgan fingerprint density at radius 1 is 1.67 bits per heavy atom. The lowest BCUT2D eigenvalue weighted by atomic mass is 10.2. The Bertz CT molecular complexity index is 379. The number of hydrogen-bond donors (Lipinski definition) is 0. The van der Waals surface area contributed by atoms with Gasteiger partial charge in [-0.05, 0) is 28.9 Å². The van der Waals surface area contributed by atoms with Crippen LogP contribution in [0.5, 0.6) is 0 Å². The minimum Gasteiger partial charge on any atom is -0.322 e. The lowest BCUT2D eigenvalue weighted by Crippen LogP contribution is -2.29. The van der Waals surface area contributed by atoms with E-state index >= 15 is 0 Å². The fraction of sp³-hybridized carbons (Fsp3) is 0.500. The van der Waals surface area contributed by atoms with E-state index in [4.69, 9.17) is 0 Å². The standard InChI is InChI=1S/C10H13BrN2OS/c1-3-13-5-8(12(2)10(13)14)9-4-7(11)6-15-9/h4,6,8H,3,5H2,1-2H3. The highest BCUT2D eigenvalue weighted by Crippen LogP contribution is 2.33. The van der Waals surface area contributed by atoms with Crippen LogP contribution in [-0.4, -0.2) is 36.0 Å². The molecule has 0 aliphatic carbocycles. The Kier molecular flexibility index (Phi) is 3.02. The molecule has 2 amide bonds. The predicted molar refractivity (Wildman–Crippen MR) is 65.2 cm³/mol. The van der Waals surface area contributed by atoms with Crippen LogP contribution in [0.2, 0.25) is 0 Å². The maximum Gasteiger partial charge on any atom is 0.320 e. The van der Waals surface area contributed by atoms with Gasteiger partial charge in [-0.2, -0.15) is 0 Å². The van der Waals surface area contributed by atoms with E-state index in [1.807, 2.05) is 23.8 Å². The first kappa shape index (κ1) is 11.0. The number of likely N-dealkylation sites (N-methyl/N-ethyl adjacent to an activating group) is 2. The SMILES string of the molecule is CCN1CC(c2cc(Br)cs2)N(C)C1=O. The number of rotatable bonds is 2. The first-order valence-electron chi connectivity index (χ1n) is 4.89. The molecule has 0 bridgehead atoms. The molecular formula is C10H13BrN2OS. The topological polar surface area (TPSA) is 23.6 Å². The lowest BCUT2D eigenvalue weighted by molar-refractivity contribution is 0.197. The number of nitrogens with zero attached hydrogens (tertiary/aromatic N) is 2. The molecule has 1 aromatic heterocycles. The van der Waals surface area contributed by atoms with Crippen molar-refractivity contribution in [3.63, 3.8) is 0 Å². The van der Waals surface area contributed by atoms with Crippen molar-refractivity contribution < 1.29 is 4.79 Å². The van der Waals surface area contributed by atoms with Crippen molar-refractivity contribution in [1.82, 2.24) is 9.80 Å². The summed E-state index contributed by atoms with van der Waals surface area (Å²) in [5.41, 5.74) is 0. The summed E-state index contributed by atoms with van der Waals surface area (Å²) in [7, 11) is 1.87. The first-order valence-corrected chi connectivity index (χ1v) is 6.56. The summed E-state index contributed by atoms with van der Waals surface area (Å²) in [6.45, 7) is 3.60. The van der Waals surface area contributed by atoms with Crippen molar-refractivity contribution in [3.8, 4) is 0 Å². The molecule has 0 radical (unpaired) electrons. The molecule has 0 aromatic carbocycles. The van der Waals surface area contributed by atoms with Gasteiger partial charge in [0.15, 0.2) is 0 Å². The highest BCUT2D eigenvalue weighted by atomic mass is 79.9. The summed E-state index contributed by atoms with van der Waals surface area (Å²) in [6, 6.07) is 2.44. The van der Waals surface area contributed by atoms with Crippen molar-refractivity contribution in [1.29, 1.82) is 0 Å². The van der Waals surface area contributed by atoms with E-state index in [2.05, 4.69) is 27.4 Å².